The number of nitrogens with zero attached hydrogens (tertiary/aromatic N) is 1. The summed E-state index contributed by atoms with van der Waals surface area (Å²) in [5, 5.41) is 1.14. The largest absolute Gasteiger partial charge is 0.487 e. The maximum Gasteiger partial charge on any atom is 0.153 e. The van der Waals surface area contributed by atoms with Crippen molar-refractivity contribution in [1.29, 1.82) is 0 Å². The van der Waals surface area contributed by atoms with Crippen LogP contribution in [0.2, 0.25) is 15.1 Å². The zero-order chi connectivity index (χ0) is 13.8. The summed E-state index contributed by atoms with van der Waals surface area (Å²) in [5.41, 5.74) is 1.04. The minimum atomic E-state index is 0.184. The normalized spacial score (nSPS) is 10.3. The molecule has 6 heteroatoms. The molecule has 0 fully saturated rings. The standard InChI is InChI=1S/C13H8Cl3NO2/c14-10-3-9(6-18)13(11(15)4-10)19-7-8-1-2-17-5-12(8)16/h1-6H,7H2. The number of pyridine rings is 1. The highest BCUT2D eigenvalue weighted by Gasteiger charge is 2.11. The number of carbonyl (C=O) groups excluding carboxylic acids is 1. The van der Waals surface area contributed by atoms with E-state index in [2.05, 4.69) is 4.98 Å². The molecule has 98 valence electrons. The number of hydrogen-bond donors (Lipinski definition) is 0. The van der Waals surface area contributed by atoms with E-state index in [0.717, 1.165) is 5.56 Å². The Morgan fingerprint density at radius 3 is 2.68 bits per heavy atom. The number of benzene rings is 1. The van der Waals surface area contributed by atoms with E-state index in [-0.39, 0.29) is 17.4 Å². The molecule has 0 bridgehead atoms. The number of aromatic nitrogens is 1. The number of rotatable bonds is 4. The molecule has 1 heterocycles. The SMILES string of the molecule is O=Cc1cc(Cl)cc(Cl)c1OCc1ccncc1Cl. The Morgan fingerprint density at radius 2 is 2.00 bits per heavy atom. The van der Waals surface area contributed by atoms with Gasteiger partial charge in [-0.15, -0.1) is 0 Å². The first-order chi connectivity index (χ1) is 9.11. The second-order valence-corrected chi connectivity index (χ2v) is 4.93. The lowest BCUT2D eigenvalue weighted by Crippen LogP contribution is -2.00. The van der Waals surface area contributed by atoms with E-state index in [1.165, 1.54) is 18.3 Å². The molecule has 1 aromatic carbocycles. The van der Waals surface area contributed by atoms with Crippen LogP contribution in [-0.4, -0.2) is 11.3 Å². The molecule has 0 amide bonds. The summed E-state index contributed by atoms with van der Waals surface area (Å²) in [7, 11) is 0. The van der Waals surface area contributed by atoms with Crippen LogP contribution in [0.15, 0.2) is 30.6 Å². The molecule has 0 radical (unpaired) electrons. The van der Waals surface area contributed by atoms with Crippen molar-refractivity contribution in [2.24, 2.45) is 0 Å². The lowest BCUT2D eigenvalue weighted by molar-refractivity contribution is 0.111. The molecule has 0 unspecified atom stereocenters. The lowest BCUT2D eigenvalue weighted by atomic mass is 10.2. The van der Waals surface area contributed by atoms with E-state index < -0.39 is 0 Å². The maximum atomic E-state index is 11.0. The highest BCUT2D eigenvalue weighted by molar-refractivity contribution is 6.36. The van der Waals surface area contributed by atoms with Gasteiger partial charge in [0.2, 0.25) is 0 Å². The van der Waals surface area contributed by atoms with E-state index in [4.69, 9.17) is 39.5 Å². The predicted molar refractivity (Wildman–Crippen MR) is 75.4 cm³/mol. The summed E-state index contributed by atoms with van der Waals surface area (Å²) in [6.07, 6.45) is 3.76. The van der Waals surface area contributed by atoms with Crippen LogP contribution in [0.3, 0.4) is 0 Å². The Morgan fingerprint density at radius 1 is 1.21 bits per heavy atom. The number of aldehydes is 1. The van der Waals surface area contributed by atoms with Gasteiger partial charge in [-0.1, -0.05) is 34.8 Å². The first kappa shape index (κ1) is 14.1. The molecule has 0 atom stereocenters. The van der Waals surface area contributed by atoms with Crippen LogP contribution in [0.5, 0.6) is 5.75 Å². The van der Waals surface area contributed by atoms with Crippen molar-refractivity contribution in [2.75, 3.05) is 0 Å². The third-order valence-corrected chi connectivity index (χ3v) is 3.23. The van der Waals surface area contributed by atoms with Gasteiger partial charge < -0.3 is 4.74 Å². The van der Waals surface area contributed by atoms with Crippen LogP contribution >= 0.6 is 34.8 Å². The minimum absolute atomic E-state index is 0.184. The van der Waals surface area contributed by atoms with Crippen molar-refractivity contribution < 1.29 is 9.53 Å². The summed E-state index contributed by atoms with van der Waals surface area (Å²) < 4.78 is 5.55. The van der Waals surface area contributed by atoms with E-state index >= 15 is 0 Å². The monoisotopic (exact) mass is 315 g/mol. The third kappa shape index (κ3) is 3.38. The molecular weight excluding hydrogens is 309 g/mol. The van der Waals surface area contributed by atoms with Crippen LogP contribution < -0.4 is 4.74 Å². The number of halogens is 3. The molecule has 0 aliphatic carbocycles. The number of carbonyl (C=O) groups is 1. The molecule has 3 nitrogen and oxygen atoms in total. The molecule has 0 aliphatic heterocycles. The predicted octanol–water partition coefficient (Wildman–Crippen LogP) is 4.43. The highest BCUT2D eigenvalue weighted by atomic mass is 35.5. The van der Waals surface area contributed by atoms with Gasteiger partial charge in [-0.25, -0.2) is 0 Å². The van der Waals surface area contributed by atoms with Crippen molar-refractivity contribution in [3.05, 3.63) is 56.8 Å². The Balaban J connectivity index is 2.25. The average Bonchev–Trinajstić information content (AvgIpc) is 2.38. The van der Waals surface area contributed by atoms with Gasteiger partial charge in [0.1, 0.15) is 12.4 Å². The van der Waals surface area contributed by atoms with Gasteiger partial charge in [-0.2, -0.15) is 0 Å². The highest BCUT2D eigenvalue weighted by Crippen LogP contribution is 2.32. The van der Waals surface area contributed by atoms with Crippen molar-refractivity contribution in [3.8, 4) is 5.75 Å². The molecule has 0 N–H and O–H groups in total. The molecule has 0 saturated heterocycles. The number of ether oxygens (including phenoxy) is 1. The molecule has 2 rings (SSSR count). The second kappa shape index (κ2) is 6.24. The zero-order valence-corrected chi connectivity index (χ0v) is 11.8. The molecular formula is C13H8Cl3NO2. The van der Waals surface area contributed by atoms with Crippen LogP contribution in [-0.2, 0) is 6.61 Å². The van der Waals surface area contributed by atoms with Gasteiger partial charge in [0.15, 0.2) is 6.29 Å². The van der Waals surface area contributed by atoms with Crippen molar-refractivity contribution in [3.63, 3.8) is 0 Å². The molecule has 19 heavy (non-hydrogen) atoms. The van der Waals surface area contributed by atoms with Crippen LogP contribution in [0, 0.1) is 0 Å². The van der Waals surface area contributed by atoms with Crippen molar-refractivity contribution in [2.45, 2.75) is 6.61 Å². The fourth-order valence-corrected chi connectivity index (χ4v) is 2.23. The maximum absolute atomic E-state index is 11.0. The lowest BCUT2D eigenvalue weighted by Gasteiger charge is -2.11. The quantitative estimate of drug-likeness (QED) is 0.783. The molecule has 0 spiro atoms. The van der Waals surface area contributed by atoms with Gasteiger partial charge in [0.05, 0.1) is 15.6 Å². The van der Waals surface area contributed by atoms with Gasteiger partial charge in [0, 0.05) is 23.0 Å². The summed E-state index contributed by atoms with van der Waals surface area (Å²) in [5.74, 6) is 0.286. The van der Waals surface area contributed by atoms with E-state index in [1.54, 1.807) is 12.3 Å². The van der Waals surface area contributed by atoms with E-state index in [0.29, 0.717) is 21.9 Å². The summed E-state index contributed by atoms with van der Waals surface area (Å²) in [4.78, 5) is 14.9. The fraction of sp³-hybridized carbons (Fsp3) is 0.0769. The zero-order valence-electron chi connectivity index (χ0n) is 9.57. The van der Waals surface area contributed by atoms with Crippen LogP contribution in [0.25, 0.3) is 0 Å². The minimum Gasteiger partial charge on any atom is -0.487 e. The van der Waals surface area contributed by atoms with Gasteiger partial charge in [-0.3, -0.25) is 9.78 Å². The smallest absolute Gasteiger partial charge is 0.153 e. The van der Waals surface area contributed by atoms with Crippen molar-refractivity contribution in [1.82, 2.24) is 4.98 Å². The summed E-state index contributed by atoms with van der Waals surface area (Å²) in [6.45, 7) is 0.184. The summed E-state index contributed by atoms with van der Waals surface area (Å²) >= 11 is 17.8. The van der Waals surface area contributed by atoms with E-state index in [9.17, 15) is 4.79 Å². The third-order valence-electron chi connectivity index (χ3n) is 2.39. The van der Waals surface area contributed by atoms with Crippen molar-refractivity contribution >= 4 is 41.1 Å². The molecule has 0 aliphatic rings. The Kier molecular flexibility index (Phi) is 4.64. The Hall–Kier alpha value is -1.29. The Labute approximate surface area is 125 Å². The second-order valence-electron chi connectivity index (χ2n) is 3.68. The van der Waals surface area contributed by atoms with Gasteiger partial charge >= 0.3 is 0 Å². The number of hydrogen-bond acceptors (Lipinski definition) is 3. The first-order valence-electron chi connectivity index (χ1n) is 5.27. The van der Waals surface area contributed by atoms with Gasteiger partial charge in [-0.05, 0) is 18.2 Å². The van der Waals surface area contributed by atoms with E-state index in [1.807, 2.05) is 0 Å². The van der Waals surface area contributed by atoms with Gasteiger partial charge in [0.25, 0.3) is 0 Å². The topological polar surface area (TPSA) is 39.2 Å². The average molecular weight is 317 g/mol. The summed E-state index contributed by atoms with van der Waals surface area (Å²) in [6, 6.07) is 4.73. The fourth-order valence-electron chi connectivity index (χ4n) is 1.49. The molecule has 1 aromatic heterocycles. The van der Waals surface area contributed by atoms with Crippen LogP contribution in [0.4, 0.5) is 0 Å². The van der Waals surface area contributed by atoms with Crippen LogP contribution in [0.1, 0.15) is 15.9 Å². The first-order valence-corrected chi connectivity index (χ1v) is 6.40. The Bertz CT molecular complexity index is 617. The molecule has 2 aromatic rings. The molecule has 0 saturated carbocycles.